The standard InChI is InChI=1S/C13H25NO2/c1-12(2)11(8-13(12,3)15-4)14-10-6-5-7-16-9-10/h10-11,14H,5-9H2,1-4H3. The third-order valence-corrected chi connectivity index (χ3v) is 4.88. The van der Waals surface area contributed by atoms with E-state index in [1.165, 1.54) is 12.8 Å². The first kappa shape index (κ1) is 12.3. The smallest absolute Gasteiger partial charge is 0.0731 e. The van der Waals surface area contributed by atoms with Gasteiger partial charge in [-0.2, -0.15) is 0 Å². The van der Waals surface area contributed by atoms with Crippen LogP contribution >= 0.6 is 0 Å². The zero-order valence-electron chi connectivity index (χ0n) is 11.0. The van der Waals surface area contributed by atoms with Crippen molar-refractivity contribution in [3.05, 3.63) is 0 Å². The summed E-state index contributed by atoms with van der Waals surface area (Å²) in [4.78, 5) is 0. The molecule has 1 aliphatic heterocycles. The van der Waals surface area contributed by atoms with E-state index in [0.29, 0.717) is 12.1 Å². The Morgan fingerprint density at radius 3 is 2.56 bits per heavy atom. The van der Waals surface area contributed by atoms with Crippen LogP contribution in [0, 0.1) is 5.41 Å². The molecule has 0 aromatic carbocycles. The molecule has 2 fully saturated rings. The van der Waals surface area contributed by atoms with E-state index in [1.54, 1.807) is 0 Å². The van der Waals surface area contributed by atoms with E-state index in [1.807, 2.05) is 7.11 Å². The average Bonchev–Trinajstić information content (AvgIpc) is 2.29. The van der Waals surface area contributed by atoms with Gasteiger partial charge >= 0.3 is 0 Å². The van der Waals surface area contributed by atoms with Crippen LogP contribution in [0.3, 0.4) is 0 Å². The van der Waals surface area contributed by atoms with Crippen molar-refractivity contribution in [1.29, 1.82) is 0 Å². The Kier molecular flexibility index (Phi) is 3.30. The summed E-state index contributed by atoms with van der Waals surface area (Å²) >= 11 is 0. The molecule has 94 valence electrons. The largest absolute Gasteiger partial charge is 0.380 e. The normalized spacial score (nSPS) is 42.8. The highest BCUT2D eigenvalue weighted by molar-refractivity contribution is 5.11. The van der Waals surface area contributed by atoms with Gasteiger partial charge in [0.05, 0.1) is 12.2 Å². The molecule has 3 unspecified atom stereocenters. The van der Waals surface area contributed by atoms with Gasteiger partial charge in [-0.1, -0.05) is 13.8 Å². The minimum Gasteiger partial charge on any atom is -0.380 e. The minimum atomic E-state index is 0.0280. The SMILES string of the molecule is COC1(C)CC(NC2CCCOC2)C1(C)C. The average molecular weight is 227 g/mol. The number of rotatable bonds is 3. The van der Waals surface area contributed by atoms with Gasteiger partial charge in [0.25, 0.3) is 0 Å². The first-order valence-electron chi connectivity index (χ1n) is 6.38. The zero-order chi connectivity index (χ0) is 11.8. The number of hydrogen-bond donors (Lipinski definition) is 1. The summed E-state index contributed by atoms with van der Waals surface area (Å²) in [6.07, 6.45) is 3.54. The van der Waals surface area contributed by atoms with Crippen LogP contribution in [0.15, 0.2) is 0 Å². The summed E-state index contributed by atoms with van der Waals surface area (Å²) < 4.78 is 11.1. The van der Waals surface area contributed by atoms with E-state index in [-0.39, 0.29) is 11.0 Å². The summed E-state index contributed by atoms with van der Waals surface area (Å²) in [6.45, 7) is 8.60. The second kappa shape index (κ2) is 4.28. The third kappa shape index (κ3) is 1.89. The number of methoxy groups -OCH3 is 1. The Hall–Kier alpha value is -0.120. The molecule has 0 radical (unpaired) electrons. The highest BCUT2D eigenvalue weighted by atomic mass is 16.5. The van der Waals surface area contributed by atoms with Crippen molar-refractivity contribution in [3.8, 4) is 0 Å². The molecule has 0 amide bonds. The van der Waals surface area contributed by atoms with E-state index in [2.05, 4.69) is 26.1 Å². The lowest BCUT2D eigenvalue weighted by atomic mass is 9.55. The van der Waals surface area contributed by atoms with Gasteiger partial charge in [0.2, 0.25) is 0 Å². The Morgan fingerprint density at radius 2 is 2.06 bits per heavy atom. The molecule has 2 rings (SSSR count). The van der Waals surface area contributed by atoms with Crippen molar-refractivity contribution in [3.63, 3.8) is 0 Å². The van der Waals surface area contributed by atoms with Crippen LogP contribution in [0.25, 0.3) is 0 Å². The summed E-state index contributed by atoms with van der Waals surface area (Å²) in [7, 11) is 1.82. The van der Waals surface area contributed by atoms with Gasteiger partial charge in [-0.15, -0.1) is 0 Å². The summed E-state index contributed by atoms with van der Waals surface area (Å²) in [5.41, 5.74) is 0.236. The number of hydrogen-bond acceptors (Lipinski definition) is 3. The Morgan fingerprint density at radius 1 is 1.31 bits per heavy atom. The van der Waals surface area contributed by atoms with Crippen molar-refractivity contribution in [2.24, 2.45) is 5.41 Å². The molecule has 0 bridgehead atoms. The monoisotopic (exact) mass is 227 g/mol. The van der Waals surface area contributed by atoms with Crippen LogP contribution in [-0.2, 0) is 9.47 Å². The van der Waals surface area contributed by atoms with E-state index >= 15 is 0 Å². The van der Waals surface area contributed by atoms with Crippen molar-refractivity contribution in [2.75, 3.05) is 20.3 Å². The molecule has 1 N–H and O–H groups in total. The van der Waals surface area contributed by atoms with Gasteiger partial charge in [-0.25, -0.2) is 0 Å². The summed E-state index contributed by atoms with van der Waals surface area (Å²) in [5, 5.41) is 3.73. The van der Waals surface area contributed by atoms with Crippen molar-refractivity contribution in [1.82, 2.24) is 5.32 Å². The molecule has 1 aliphatic carbocycles. The minimum absolute atomic E-state index is 0.0280. The molecular weight excluding hydrogens is 202 g/mol. The summed E-state index contributed by atoms with van der Waals surface area (Å²) in [6, 6.07) is 1.10. The molecular formula is C13H25NO2. The predicted molar refractivity (Wildman–Crippen MR) is 64.6 cm³/mol. The molecule has 1 saturated heterocycles. The van der Waals surface area contributed by atoms with E-state index in [4.69, 9.17) is 9.47 Å². The highest BCUT2D eigenvalue weighted by Gasteiger charge is 2.57. The molecule has 2 aliphatic rings. The first-order valence-corrected chi connectivity index (χ1v) is 6.38. The van der Waals surface area contributed by atoms with Gasteiger partial charge in [-0.3, -0.25) is 0 Å². The van der Waals surface area contributed by atoms with Crippen molar-refractivity contribution < 1.29 is 9.47 Å². The lowest BCUT2D eigenvalue weighted by Gasteiger charge is -2.60. The third-order valence-electron chi connectivity index (χ3n) is 4.88. The van der Waals surface area contributed by atoms with Gasteiger partial charge in [0.15, 0.2) is 0 Å². The highest BCUT2D eigenvalue weighted by Crippen LogP contribution is 2.51. The van der Waals surface area contributed by atoms with Crippen LogP contribution in [-0.4, -0.2) is 38.0 Å². The molecule has 3 heteroatoms. The molecule has 0 aromatic rings. The molecule has 3 nitrogen and oxygen atoms in total. The van der Waals surface area contributed by atoms with Crippen molar-refractivity contribution >= 4 is 0 Å². The van der Waals surface area contributed by atoms with Crippen molar-refractivity contribution in [2.45, 2.75) is 57.7 Å². The van der Waals surface area contributed by atoms with E-state index in [9.17, 15) is 0 Å². The van der Waals surface area contributed by atoms with Crippen LogP contribution in [0.2, 0.25) is 0 Å². The van der Waals surface area contributed by atoms with Crippen LogP contribution in [0.4, 0.5) is 0 Å². The van der Waals surface area contributed by atoms with Crippen LogP contribution < -0.4 is 5.32 Å². The fourth-order valence-electron chi connectivity index (χ4n) is 2.92. The Labute approximate surface area is 98.9 Å². The van der Waals surface area contributed by atoms with Gasteiger partial charge in [0, 0.05) is 31.2 Å². The predicted octanol–water partition coefficient (Wildman–Crippen LogP) is 1.96. The number of nitrogens with one attached hydrogen (secondary N) is 1. The van der Waals surface area contributed by atoms with Gasteiger partial charge in [-0.05, 0) is 26.2 Å². The molecule has 0 aromatic heterocycles. The van der Waals surface area contributed by atoms with E-state index < -0.39 is 0 Å². The van der Waals surface area contributed by atoms with E-state index in [0.717, 1.165) is 19.6 Å². The first-order chi connectivity index (χ1) is 7.49. The maximum atomic E-state index is 5.64. The lowest BCUT2D eigenvalue weighted by molar-refractivity contribution is -0.184. The number of ether oxygens (including phenoxy) is 2. The molecule has 1 heterocycles. The molecule has 1 saturated carbocycles. The topological polar surface area (TPSA) is 30.5 Å². The van der Waals surface area contributed by atoms with Crippen LogP contribution in [0.5, 0.6) is 0 Å². The van der Waals surface area contributed by atoms with Crippen LogP contribution in [0.1, 0.15) is 40.0 Å². The second-order valence-corrected chi connectivity index (χ2v) is 5.99. The Bertz CT molecular complexity index is 248. The molecule has 3 atom stereocenters. The fraction of sp³-hybridized carbons (Fsp3) is 1.00. The Balaban J connectivity index is 1.88. The fourth-order valence-corrected chi connectivity index (χ4v) is 2.92. The summed E-state index contributed by atoms with van der Waals surface area (Å²) in [5.74, 6) is 0. The molecule has 16 heavy (non-hydrogen) atoms. The maximum Gasteiger partial charge on any atom is 0.0731 e. The van der Waals surface area contributed by atoms with Gasteiger partial charge < -0.3 is 14.8 Å². The quantitative estimate of drug-likeness (QED) is 0.799. The maximum absolute atomic E-state index is 5.64. The lowest BCUT2D eigenvalue weighted by Crippen LogP contribution is -2.69. The van der Waals surface area contributed by atoms with Gasteiger partial charge in [0.1, 0.15) is 0 Å². The second-order valence-electron chi connectivity index (χ2n) is 5.99. The zero-order valence-corrected chi connectivity index (χ0v) is 11.0. The molecule has 0 spiro atoms.